The summed E-state index contributed by atoms with van der Waals surface area (Å²) < 4.78 is 4.68. The molecule has 110 valence electrons. The summed E-state index contributed by atoms with van der Waals surface area (Å²) in [5, 5.41) is 11.2. The smallest absolute Gasteiger partial charge is 0.350 e. The van der Waals surface area contributed by atoms with Gasteiger partial charge in [-0.3, -0.25) is 10.1 Å². The lowest BCUT2D eigenvalue weighted by molar-refractivity contribution is -0.384. The van der Waals surface area contributed by atoms with Crippen molar-refractivity contribution in [2.45, 2.75) is 13.8 Å². The maximum atomic E-state index is 11.7. The van der Waals surface area contributed by atoms with Crippen molar-refractivity contribution in [3.8, 4) is 10.4 Å². The van der Waals surface area contributed by atoms with Crippen molar-refractivity contribution < 1.29 is 14.5 Å². The van der Waals surface area contributed by atoms with E-state index in [-0.39, 0.29) is 10.6 Å². The van der Waals surface area contributed by atoms with E-state index in [4.69, 9.17) is 5.73 Å². The van der Waals surface area contributed by atoms with Crippen LogP contribution in [0.3, 0.4) is 0 Å². The van der Waals surface area contributed by atoms with Crippen molar-refractivity contribution in [3.05, 3.63) is 44.3 Å². The van der Waals surface area contributed by atoms with Crippen molar-refractivity contribution in [2.75, 3.05) is 12.8 Å². The number of nitrogens with two attached hydrogens (primary N) is 1. The number of esters is 1. The average molecular weight is 306 g/mol. The van der Waals surface area contributed by atoms with Crippen LogP contribution in [-0.4, -0.2) is 18.0 Å². The second-order valence-corrected chi connectivity index (χ2v) is 5.59. The molecule has 0 amide bonds. The highest BCUT2D eigenvalue weighted by Gasteiger charge is 2.24. The zero-order valence-corrected chi connectivity index (χ0v) is 12.6. The van der Waals surface area contributed by atoms with Crippen LogP contribution in [0.25, 0.3) is 10.4 Å². The molecule has 0 saturated heterocycles. The van der Waals surface area contributed by atoms with Gasteiger partial charge in [0, 0.05) is 10.9 Å². The Morgan fingerprint density at radius 1 is 1.38 bits per heavy atom. The molecule has 21 heavy (non-hydrogen) atoms. The average Bonchev–Trinajstić information content (AvgIpc) is 2.74. The molecule has 2 N–H and O–H groups in total. The molecule has 2 rings (SSSR count). The van der Waals surface area contributed by atoms with Gasteiger partial charge in [-0.15, -0.1) is 11.3 Å². The molecule has 2 aromatic rings. The Morgan fingerprint density at radius 2 is 2.05 bits per heavy atom. The molecule has 0 unspecified atom stereocenters. The van der Waals surface area contributed by atoms with Crippen LogP contribution in [-0.2, 0) is 4.74 Å². The number of benzene rings is 1. The topological polar surface area (TPSA) is 95.5 Å². The predicted octanol–water partition coefficient (Wildman–Crippen LogP) is 3.31. The van der Waals surface area contributed by atoms with Crippen LogP contribution in [0.15, 0.2) is 18.2 Å². The standard InChI is InChI=1S/C14H14N2O4S/c1-7-4-5-10(16(18)19)9(6-7)12-8(2)11(15)13(21-12)14(17)20-3/h4-6H,15H2,1-3H3. The van der Waals surface area contributed by atoms with E-state index in [2.05, 4.69) is 4.74 Å². The number of anilines is 1. The van der Waals surface area contributed by atoms with Gasteiger partial charge in [0.25, 0.3) is 5.69 Å². The van der Waals surface area contributed by atoms with Crippen LogP contribution in [0.5, 0.6) is 0 Å². The summed E-state index contributed by atoms with van der Waals surface area (Å²) >= 11 is 1.11. The van der Waals surface area contributed by atoms with E-state index in [1.165, 1.54) is 13.2 Å². The Labute approximate surface area is 125 Å². The molecule has 0 bridgehead atoms. The summed E-state index contributed by atoms with van der Waals surface area (Å²) in [5.74, 6) is -0.540. The van der Waals surface area contributed by atoms with Gasteiger partial charge in [-0.2, -0.15) is 0 Å². The second-order valence-electron chi connectivity index (χ2n) is 4.57. The maximum absolute atomic E-state index is 11.7. The third kappa shape index (κ3) is 2.59. The van der Waals surface area contributed by atoms with E-state index in [0.717, 1.165) is 16.9 Å². The molecule has 0 aliphatic carbocycles. The van der Waals surface area contributed by atoms with Gasteiger partial charge < -0.3 is 10.5 Å². The summed E-state index contributed by atoms with van der Waals surface area (Å²) in [6.07, 6.45) is 0. The van der Waals surface area contributed by atoms with Crippen LogP contribution in [0.2, 0.25) is 0 Å². The zero-order valence-electron chi connectivity index (χ0n) is 11.8. The molecule has 1 aromatic heterocycles. The number of hydrogen-bond acceptors (Lipinski definition) is 6. The lowest BCUT2D eigenvalue weighted by Crippen LogP contribution is -2.01. The van der Waals surface area contributed by atoms with E-state index < -0.39 is 10.9 Å². The van der Waals surface area contributed by atoms with Gasteiger partial charge in [0.05, 0.1) is 23.3 Å². The molecule has 0 saturated carbocycles. The Balaban J connectivity index is 2.71. The first-order valence-electron chi connectivity index (χ1n) is 6.09. The number of carbonyl (C=O) groups excluding carboxylic acids is 1. The van der Waals surface area contributed by atoms with Gasteiger partial charge in [0.1, 0.15) is 4.88 Å². The minimum Gasteiger partial charge on any atom is -0.465 e. The van der Waals surface area contributed by atoms with Crippen LogP contribution in [0, 0.1) is 24.0 Å². The van der Waals surface area contributed by atoms with Crippen LogP contribution in [0.4, 0.5) is 11.4 Å². The largest absolute Gasteiger partial charge is 0.465 e. The number of thiophene rings is 1. The van der Waals surface area contributed by atoms with E-state index >= 15 is 0 Å². The molecule has 1 heterocycles. The fourth-order valence-corrected chi connectivity index (χ4v) is 3.19. The number of methoxy groups -OCH3 is 1. The van der Waals surface area contributed by atoms with Crippen molar-refractivity contribution >= 4 is 28.7 Å². The predicted molar refractivity (Wildman–Crippen MR) is 81.6 cm³/mol. The van der Waals surface area contributed by atoms with Gasteiger partial charge in [0.2, 0.25) is 0 Å². The quantitative estimate of drug-likeness (QED) is 0.533. The fourth-order valence-electron chi connectivity index (χ4n) is 2.02. The highest BCUT2D eigenvalue weighted by molar-refractivity contribution is 7.18. The number of ether oxygens (including phenoxy) is 1. The molecule has 0 atom stereocenters. The number of carbonyl (C=O) groups is 1. The molecule has 7 heteroatoms. The third-order valence-corrected chi connectivity index (χ3v) is 4.48. The first-order chi connectivity index (χ1) is 9.86. The molecule has 6 nitrogen and oxygen atoms in total. The molecule has 0 radical (unpaired) electrons. The first kappa shape index (κ1) is 15.0. The van der Waals surface area contributed by atoms with Crippen LogP contribution >= 0.6 is 11.3 Å². The Kier molecular flexibility index (Phi) is 3.95. The number of aryl methyl sites for hydroxylation is 1. The summed E-state index contributed by atoms with van der Waals surface area (Å²) in [6, 6.07) is 4.85. The van der Waals surface area contributed by atoms with Crippen molar-refractivity contribution in [3.63, 3.8) is 0 Å². The zero-order chi connectivity index (χ0) is 15.7. The molecule has 0 fully saturated rings. The number of nitro groups is 1. The maximum Gasteiger partial charge on any atom is 0.350 e. The number of nitrogen functional groups attached to an aromatic ring is 1. The number of nitro benzene ring substituents is 1. The first-order valence-corrected chi connectivity index (χ1v) is 6.91. The molecule has 1 aromatic carbocycles. The minimum absolute atomic E-state index is 0.0126. The van der Waals surface area contributed by atoms with Gasteiger partial charge in [0.15, 0.2) is 0 Å². The summed E-state index contributed by atoms with van der Waals surface area (Å²) in [5.41, 5.74) is 8.21. The van der Waals surface area contributed by atoms with Crippen LogP contribution in [0.1, 0.15) is 20.8 Å². The molecule has 0 spiro atoms. The van der Waals surface area contributed by atoms with E-state index in [0.29, 0.717) is 21.7 Å². The lowest BCUT2D eigenvalue weighted by Gasteiger charge is -2.03. The van der Waals surface area contributed by atoms with Gasteiger partial charge in [-0.1, -0.05) is 6.07 Å². The van der Waals surface area contributed by atoms with Crippen molar-refractivity contribution in [1.29, 1.82) is 0 Å². The van der Waals surface area contributed by atoms with Gasteiger partial charge >= 0.3 is 5.97 Å². The normalized spacial score (nSPS) is 10.4. The number of hydrogen-bond donors (Lipinski definition) is 1. The number of nitrogens with zero attached hydrogens (tertiary/aromatic N) is 1. The summed E-state index contributed by atoms with van der Waals surface area (Å²) in [7, 11) is 1.27. The van der Waals surface area contributed by atoms with E-state index in [1.807, 2.05) is 6.92 Å². The van der Waals surface area contributed by atoms with Crippen LogP contribution < -0.4 is 5.73 Å². The Hall–Kier alpha value is -2.41. The molecular weight excluding hydrogens is 292 g/mol. The van der Waals surface area contributed by atoms with E-state index in [9.17, 15) is 14.9 Å². The van der Waals surface area contributed by atoms with E-state index in [1.54, 1.807) is 19.1 Å². The molecule has 0 aliphatic heterocycles. The Bertz CT molecular complexity index is 737. The lowest BCUT2D eigenvalue weighted by atomic mass is 10.0. The van der Waals surface area contributed by atoms with Crippen molar-refractivity contribution in [1.82, 2.24) is 0 Å². The molecule has 0 aliphatic rings. The SMILES string of the molecule is COC(=O)c1sc(-c2cc(C)ccc2[N+](=O)[O-])c(C)c1N. The summed E-state index contributed by atoms with van der Waals surface area (Å²) in [4.78, 5) is 23.3. The fraction of sp³-hybridized carbons (Fsp3) is 0.214. The highest BCUT2D eigenvalue weighted by Crippen LogP contribution is 2.42. The monoisotopic (exact) mass is 306 g/mol. The van der Waals surface area contributed by atoms with Gasteiger partial charge in [-0.25, -0.2) is 4.79 Å². The van der Waals surface area contributed by atoms with Gasteiger partial charge in [-0.05, 0) is 31.0 Å². The second kappa shape index (κ2) is 5.53. The molecular formula is C14H14N2O4S. The van der Waals surface area contributed by atoms with Crippen molar-refractivity contribution in [2.24, 2.45) is 0 Å². The summed E-state index contributed by atoms with van der Waals surface area (Å²) in [6.45, 7) is 3.58. The highest BCUT2D eigenvalue weighted by atomic mass is 32.1. The Morgan fingerprint density at radius 3 is 2.62 bits per heavy atom. The third-order valence-electron chi connectivity index (χ3n) is 3.16. The minimum atomic E-state index is -0.540. The number of rotatable bonds is 3.